The van der Waals surface area contributed by atoms with Crippen LogP contribution in [-0.2, 0) is 11.3 Å². The number of rotatable bonds is 5. The van der Waals surface area contributed by atoms with Crippen molar-refractivity contribution in [2.24, 2.45) is 0 Å². The molecule has 6 nitrogen and oxygen atoms in total. The van der Waals surface area contributed by atoms with Gasteiger partial charge in [-0.2, -0.15) is 5.10 Å². The first kappa shape index (κ1) is 17.4. The normalized spacial score (nSPS) is 25.4. The molecule has 2 atom stereocenters. The van der Waals surface area contributed by atoms with Crippen molar-refractivity contribution in [2.75, 3.05) is 32.8 Å². The molecule has 1 amide bonds. The van der Waals surface area contributed by atoms with Gasteiger partial charge in [0.25, 0.3) is 5.91 Å². The van der Waals surface area contributed by atoms with E-state index in [-0.39, 0.29) is 11.9 Å². The number of hydrogen-bond donors (Lipinski definition) is 0. The molecular formula is C18H30N4O2. The number of aromatic nitrogens is 2. The first-order chi connectivity index (χ1) is 11.6. The summed E-state index contributed by atoms with van der Waals surface area (Å²) < 4.78 is 7.38. The minimum atomic E-state index is 0.138. The molecule has 2 saturated heterocycles. The van der Waals surface area contributed by atoms with Gasteiger partial charge in [-0.25, -0.2) is 0 Å². The lowest BCUT2D eigenvalue weighted by atomic mass is 10.1. The van der Waals surface area contributed by atoms with Crippen LogP contribution in [0.5, 0.6) is 0 Å². The fourth-order valence-corrected chi connectivity index (χ4v) is 3.92. The van der Waals surface area contributed by atoms with Crippen LogP contribution in [-0.4, -0.2) is 70.4 Å². The second-order valence-corrected chi connectivity index (χ2v) is 6.99. The maximum Gasteiger partial charge on any atom is 0.257 e. The predicted octanol–water partition coefficient (Wildman–Crippen LogP) is 1.93. The molecule has 3 rings (SSSR count). The molecule has 0 aliphatic carbocycles. The highest BCUT2D eigenvalue weighted by atomic mass is 16.5. The van der Waals surface area contributed by atoms with E-state index in [1.54, 1.807) is 0 Å². The molecule has 0 saturated carbocycles. The number of carbonyl (C=O) groups excluding carboxylic acids is 1. The highest BCUT2D eigenvalue weighted by Gasteiger charge is 2.38. The molecular weight excluding hydrogens is 304 g/mol. The summed E-state index contributed by atoms with van der Waals surface area (Å²) in [6.07, 6.45) is 5.21. The van der Waals surface area contributed by atoms with Gasteiger partial charge in [0.05, 0.1) is 24.5 Å². The number of carbonyl (C=O) groups is 1. The van der Waals surface area contributed by atoms with Crippen LogP contribution in [0.3, 0.4) is 0 Å². The van der Waals surface area contributed by atoms with Gasteiger partial charge in [0.2, 0.25) is 0 Å². The third kappa shape index (κ3) is 3.49. The van der Waals surface area contributed by atoms with Crippen molar-refractivity contribution in [1.29, 1.82) is 0 Å². The Hall–Kier alpha value is -1.40. The quantitative estimate of drug-likeness (QED) is 0.826. The lowest BCUT2D eigenvalue weighted by molar-refractivity contribution is 0.0104. The zero-order valence-corrected chi connectivity index (χ0v) is 15.2. The van der Waals surface area contributed by atoms with Gasteiger partial charge in [0.15, 0.2) is 0 Å². The van der Waals surface area contributed by atoms with Crippen LogP contribution >= 0.6 is 0 Å². The summed E-state index contributed by atoms with van der Waals surface area (Å²) in [4.78, 5) is 17.5. The summed E-state index contributed by atoms with van der Waals surface area (Å²) in [5.41, 5.74) is 1.61. The standard InChI is InChI=1S/C18H30N4O2/c1-4-5-7-21-13-16(14(2)19-21)18(23)22-8-6-17(15(22)3)20-9-11-24-12-10-20/h13,15,17H,4-12H2,1-3H3/t15-,17-/m1/s1. The molecule has 0 spiro atoms. The number of amides is 1. The van der Waals surface area contributed by atoms with E-state index < -0.39 is 0 Å². The van der Waals surface area contributed by atoms with Crippen LogP contribution in [0.2, 0.25) is 0 Å². The number of nitrogens with zero attached hydrogens (tertiary/aromatic N) is 4. The largest absolute Gasteiger partial charge is 0.379 e. The van der Waals surface area contributed by atoms with E-state index in [1.165, 1.54) is 0 Å². The average molecular weight is 334 g/mol. The lowest BCUT2D eigenvalue weighted by Crippen LogP contribution is -2.49. The maximum absolute atomic E-state index is 13.0. The van der Waals surface area contributed by atoms with E-state index in [4.69, 9.17) is 4.74 Å². The summed E-state index contributed by atoms with van der Waals surface area (Å²) in [5, 5.41) is 4.52. The number of morpholine rings is 1. The van der Waals surface area contributed by atoms with Crippen LogP contribution in [0.1, 0.15) is 49.2 Å². The van der Waals surface area contributed by atoms with E-state index in [9.17, 15) is 4.79 Å². The molecule has 2 aliphatic heterocycles. The van der Waals surface area contributed by atoms with Gasteiger partial charge >= 0.3 is 0 Å². The highest BCUT2D eigenvalue weighted by Crippen LogP contribution is 2.26. The number of ether oxygens (including phenoxy) is 1. The fraction of sp³-hybridized carbons (Fsp3) is 0.778. The number of unbranched alkanes of at least 4 members (excludes halogenated alkanes) is 1. The molecule has 0 aromatic carbocycles. The Labute approximate surface area is 144 Å². The van der Waals surface area contributed by atoms with E-state index in [1.807, 2.05) is 22.7 Å². The van der Waals surface area contributed by atoms with Gasteiger partial charge in [0.1, 0.15) is 0 Å². The van der Waals surface area contributed by atoms with Crippen molar-refractivity contribution >= 4 is 5.91 Å². The number of aryl methyl sites for hydroxylation is 2. The van der Waals surface area contributed by atoms with Gasteiger partial charge in [-0.15, -0.1) is 0 Å². The Bertz CT molecular complexity index is 565. The van der Waals surface area contributed by atoms with Crippen molar-refractivity contribution in [3.05, 3.63) is 17.5 Å². The second-order valence-electron chi connectivity index (χ2n) is 6.99. The molecule has 3 heterocycles. The average Bonchev–Trinajstić information content (AvgIpc) is 3.16. The van der Waals surface area contributed by atoms with Crippen LogP contribution in [0.25, 0.3) is 0 Å². The maximum atomic E-state index is 13.0. The van der Waals surface area contributed by atoms with E-state index in [0.717, 1.165) is 69.9 Å². The molecule has 2 aliphatic rings. The van der Waals surface area contributed by atoms with Crippen molar-refractivity contribution in [3.63, 3.8) is 0 Å². The summed E-state index contributed by atoms with van der Waals surface area (Å²) in [6.45, 7) is 11.6. The number of likely N-dealkylation sites (tertiary alicyclic amines) is 1. The van der Waals surface area contributed by atoms with E-state index >= 15 is 0 Å². The van der Waals surface area contributed by atoms with Crippen molar-refractivity contribution in [3.8, 4) is 0 Å². The summed E-state index contributed by atoms with van der Waals surface area (Å²) >= 11 is 0. The van der Waals surface area contributed by atoms with Crippen LogP contribution < -0.4 is 0 Å². The smallest absolute Gasteiger partial charge is 0.257 e. The fourth-order valence-electron chi connectivity index (χ4n) is 3.92. The van der Waals surface area contributed by atoms with Crippen molar-refractivity contribution < 1.29 is 9.53 Å². The van der Waals surface area contributed by atoms with Crippen molar-refractivity contribution in [1.82, 2.24) is 19.6 Å². The predicted molar refractivity (Wildman–Crippen MR) is 93.2 cm³/mol. The van der Waals surface area contributed by atoms with Crippen LogP contribution in [0.15, 0.2) is 6.20 Å². The van der Waals surface area contributed by atoms with Crippen LogP contribution in [0, 0.1) is 6.92 Å². The summed E-state index contributed by atoms with van der Waals surface area (Å²) in [5.74, 6) is 0.138. The topological polar surface area (TPSA) is 50.6 Å². The molecule has 0 unspecified atom stereocenters. The SMILES string of the molecule is CCCCn1cc(C(=O)N2CC[C@@H](N3CCOCC3)[C@H]2C)c(C)n1. The molecule has 24 heavy (non-hydrogen) atoms. The Morgan fingerprint density at radius 3 is 2.79 bits per heavy atom. The second kappa shape index (κ2) is 7.66. The Balaban J connectivity index is 1.68. The number of hydrogen-bond acceptors (Lipinski definition) is 4. The molecule has 0 bridgehead atoms. The molecule has 0 N–H and O–H groups in total. The van der Waals surface area contributed by atoms with E-state index in [2.05, 4.69) is 23.8 Å². The van der Waals surface area contributed by atoms with E-state index in [0.29, 0.717) is 6.04 Å². The first-order valence-electron chi connectivity index (χ1n) is 9.28. The summed E-state index contributed by atoms with van der Waals surface area (Å²) in [7, 11) is 0. The Morgan fingerprint density at radius 1 is 1.33 bits per heavy atom. The third-order valence-corrected chi connectivity index (χ3v) is 5.41. The first-order valence-corrected chi connectivity index (χ1v) is 9.28. The molecule has 6 heteroatoms. The summed E-state index contributed by atoms with van der Waals surface area (Å²) in [6, 6.07) is 0.697. The Kier molecular flexibility index (Phi) is 5.56. The van der Waals surface area contributed by atoms with Gasteiger partial charge in [-0.1, -0.05) is 13.3 Å². The van der Waals surface area contributed by atoms with Gasteiger partial charge < -0.3 is 9.64 Å². The monoisotopic (exact) mass is 334 g/mol. The van der Waals surface area contributed by atoms with Gasteiger partial charge in [0, 0.05) is 44.5 Å². The lowest BCUT2D eigenvalue weighted by Gasteiger charge is -2.35. The van der Waals surface area contributed by atoms with Gasteiger partial charge in [-0.3, -0.25) is 14.4 Å². The Morgan fingerprint density at radius 2 is 2.08 bits per heavy atom. The molecule has 0 radical (unpaired) electrons. The molecule has 1 aromatic rings. The zero-order valence-electron chi connectivity index (χ0n) is 15.2. The zero-order chi connectivity index (χ0) is 17.1. The van der Waals surface area contributed by atoms with Gasteiger partial charge in [-0.05, 0) is 26.7 Å². The minimum Gasteiger partial charge on any atom is -0.379 e. The molecule has 1 aromatic heterocycles. The minimum absolute atomic E-state index is 0.138. The highest BCUT2D eigenvalue weighted by molar-refractivity contribution is 5.95. The van der Waals surface area contributed by atoms with Crippen LogP contribution in [0.4, 0.5) is 0 Å². The van der Waals surface area contributed by atoms with Crippen molar-refractivity contribution in [2.45, 2.75) is 58.7 Å². The molecule has 134 valence electrons. The third-order valence-electron chi connectivity index (χ3n) is 5.41. The molecule has 2 fully saturated rings.